The molecule has 0 fully saturated rings. The van der Waals surface area contributed by atoms with Crippen LogP contribution in [0.5, 0.6) is 5.75 Å². The zero-order chi connectivity index (χ0) is 27.8. The Morgan fingerprint density at radius 1 is 1.05 bits per heavy atom. The van der Waals surface area contributed by atoms with Crippen molar-refractivity contribution >= 4 is 46.2 Å². The summed E-state index contributed by atoms with van der Waals surface area (Å²) in [5, 5.41) is 25.2. The van der Waals surface area contributed by atoms with Gasteiger partial charge in [0, 0.05) is 29.4 Å². The van der Waals surface area contributed by atoms with Crippen molar-refractivity contribution in [1.29, 1.82) is 5.26 Å². The van der Waals surface area contributed by atoms with Gasteiger partial charge in [-0.05, 0) is 74.1 Å². The highest BCUT2D eigenvalue weighted by atomic mass is 35.5. The number of nitrogens with one attached hydrogen (secondary N) is 3. The molecule has 39 heavy (non-hydrogen) atoms. The molecule has 0 unspecified atom stereocenters. The van der Waals surface area contributed by atoms with E-state index in [0.717, 1.165) is 17.0 Å². The fraction of sp³-hybridized carbons (Fsp3) is 0.172. The van der Waals surface area contributed by atoms with Crippen molar-refractivity contribution in [3.63, 3.8) is 0 Å². The number of hydrogen-bond donors (Lipinski definition) is 3. The highest BCUT2D eigenvalue weighted by molar-refractivity contribution is 7.80. The molecule has 0 aliphatic rings. The molecule has 0 bridgehead atoms. The van der Waals surface area contributed by atoms with E-state index < -0.39 is 0 Å². The Labute approximate surface area is 237 Å². The number of nitriles is 1. The lowest BCUT2D eigenvalue weighted by molar-refractivity contribution is 0.103. The maximum absolute atomic E-state index is 13.3. The molecule has 8 nitrogen and oxygen atoms in total. The third-order valence-corrected chi connectivity index (χ3v) is 6.38. The average Bonchev–Trinajstić information content (AvgIpc) is 3.32. The number of halogens is 1. The van der Waals surface area contributed by atoms with Gasteiger partial charge in [-0.15, -0.1) is 0 Å². The van der Waals surface area contributed by atoms with Crippen LogP contribution in [-0.2, 0) is 0 Å². The first kappa shape index (κ1) is 27.6. The average molecular weight is 559 g/mol. The molecule has 0 atom stereocenters. The number of ether oxygens (including phenoxy) is 1. The number of aryl methyl sites for hydroxylation is 1. The monoisotopic (exact) mass is 558 g/mol. The number of benzene rings is 3. The van der Waals surface area contributed by atoms with Crippen LogP contribution in [0.25, 0.3) is 5.69 Å². The number of methoxy groups -OCH3 is 1. The molecule has 4 aromatic rings. The van der Waals surface area contributed by atoms with Crippen molar-refractivity contribution in [2.75, 3.05) is 30.8 Å². The van der Waals surface area contributed by atoms with E-state index in [0.29, 0.717) is 46.7 Å². The van der Waals surface area contributed by atoms with Crippen LogP contribution in [0, 0.1) is 18.3 Å². The standard InChI is InChI=1S/C29H27ClN6O2S/c1-19-4-6-20(7-5-19)27(37)26-25(18-31)28(36(35-26)23-12-8-21(30)9-13-23)32-16-3-17-33-29(39)34-22-10-14-24(38-2)15-11-22/h4-15,32H,3,16-17H2,1-2H3,(H2,33,34,39). The van der Waals surface area contributed by atoms with Crippen LogP contribution >= 0.6 is 23.8 Å². The van der Waals surface area contributed by atoms with E-state index in [4.69, 9.17) is 28.6 Å². The molecule has 0 amide bonds. The Morgan fingerprint density at radius 3 is 2.38 bits per heavy atom. The number of carbonyl (C=O) groups is 1. The molecule has 0 saturated carbocycles. The van der Waals surface area contributed by atoms with Crippen LogP contribution in [0.15, 0.2) is 72.8 Å². The van der Waals surface area contributed by atoms with Gasteiger partial charge in [-0.3, -0.25) is 4.79 Å². The van der Waals surface area contributed by atoms with Gasteiger partial charge in [0.15, 0.2) is 10.8 Å². The Morgan fingerprint density at radius 2 is 1.74 bits per heavy atom. The highest BCUT2D eigenvalue weighted by Crippen LogP contribution is 2.26. The van der Waals surface area contributed by atoms with E-state index in [-0.39, 0.29) is 17.0 Å². The zero-order valence-electron chi connectivity index (χ0n) is 21.5. The normalized spacial score (nSPS) is 10.4. The van der Waals surface area contributed by atoms with E-state index in [1.807, 2.05) is 43.3 Å². The predicted molar refractivity (Wildman–Crippen MR) is 158 cm³/mol. The minimum Gasteiger partial charge on any atom is -0.497 e. The van der Waals surface area contributed by atoms with Crippen LogP contribution < -0.4 is 20.7 Å². The number of carbonyl (C=O) groups excluding carboxylic acids is 1. The van der Waals surface area contributed by atoms with Gasteiger partial charge in [0.05, 0.1) is 12.8 Å². The fourth-order valence-electron chi connectivity index (χ4n) is 3.80. The fourth-order valence-corrected chi connectivity index (χ4v) is 4.15. The molecule has 1 aromatic heterocycles. The summed E-state index contributed by atoms with van der Waals surface area (Å²) in [5.74, 6) is 0.886. The van der Waals surface area contributed by atoms with Crippen molar-refractivity contribution < 1.29 is 9.53 Å². The maximum atomic E-state index is 13.3. The van der Waals surface area contributed by atoms with Crippen molar-refractivity contribution in [3.8, 4) is 17.5 Å². The number of nitrogens with zero attached hydrogens (tertiary/aromatic N) is 3. The highest BCUT2D eigenvalue weighted by Gasteiger charge is 2.25. The van der Waals surface area contributed by atoms with Crippen LogP contribution in [0.4, 0.5) is 11.5 Å². The molecule has 1 heterocycles. The SMILES string of the molecule is COc1ccc(NC(=S)NCCCNc2c(C#N)c(C(=O)c3ccc(C)cc3)nn2-c2ccc(Cl)cc2)cc1. The summed E-state index contributed by atoms with van der Waals surface area (Å²) < 4.78 is 6.74. The Kier molecular flexibility index (Phi) is 9.15. The third kappa shape index (κ3) is 6.93. The molecule has 0 saturated heterocycles. The first-order valence-electron chi connectivity index (χ1n) is 12.2. The number of aromatic nitrogens is 2. The molecule has 0 aliphatic carbocycles. The van der Waals surface area contributed by atoms with Gasteiger partial charge in [0.25, 0.3) is 0 Å². The quantitative estimate of drug-likeness (QED) is 0.129. The molecule has 4 rings (SSSR count). The maximum Gasteiger partial charge on any atom is 0.214 e. The Hall–Kier alpha value is -4.39. The van der Waals surface area contributed by atoms with Gasteiger partial charge in [-0.1, -0.05) is 41.4 Å². The Balaban J connectivity index is 1.46. The molecule has 3 aromatic carbocycles. The minimum absolute atomic E-state index is 0.0850. The van der Waals surface area contributed by atoms with E-state index in [9.17, 15) is 10.1 Å². The second kappa shape index (κ2) is 12.9. The van der Waals surface area contributed by atoms with Crippen LogP contribution in [-0.4, -0.2) is 40.9 Å². The van der Waals surface area contributed by atoms with Crippen molar-refractivity contribution in [2.24, 2.45) is 0 Å². The summed E-state index contributed by atoms with van der Waals surface area (Å²) in [6, 6.07) is 23.9. The lowest BCUT2D eigenvalue weighted by Crippen LogP contribution is -2.30. The molecule has 0 radical (unpaired) electrons. The summed E-state index contributed by atoms with van der Waals surface area (Å²) in [6.45, 7) is 3.04. The van der Waals surface area contributed by atoms with Crippen LogP contribution in [0.3, 0.4) is 0 Å². The number of hydrogen-bond acceptors (Lipinski definition) is 6. The van der Waals surface area contributed by atoms with Crippen molar-refractivity contribution in [2.45, 2.75) is 13.3 Å². The van der Waals surface area contributed by atoms with Crippen molar-refractivity contribution in [3.05, 3.63) is 100 Å². The third-order valence-electron chi connectivity index (χ3n) is 5.88. The predicted octanol–water partition coefficient (Wildman–Crippen LogP) is 5.73. The van der Waals surface area contributed by atoms with Gasteiger partial charge >= 0.3 is 0 Å². The molecule has 10 heteroatoms. The summed E-state index contributed by atoms with van der Waals surface area (Å²) in [4.78, 5) is 13.3. The van der Waals surface area contributed by atoms with Gasteiger partial charge in [0.2, 0.25) is 5.78 Å². The summed E-state index contributed by atoms with van der Waals surface area (Å²) in [5.41, 5.74) is 3.29. The lowest BCUT2D eigenvalue weighted by atomic mass is 10.0. The van der Waals surface area contributed by atoms with Gasteiger partial charge < -0.3 is 20.7 Å². The van der Waals surface area contributed by atoms with Gasteiger partial charge in [-0.25, -0.2) is 4.68 Å². The van der Waals surface area contributed by atoms with Crippen molar-refractivity contribution in [1.82, 2.24) is 15.1 Å². The number of ketones is 1. The zero-order valence-corrected chi connectivity index (χ0v) is 23.1. The summed E-state index contributed by atoms with van der Waals surface area (Å²) >= 11 is 11.5. The number of rotatable bonds is 10. The molecule has 198 valence electrons. The van der Waals surface area contributed by atoms with E-state index >= 15 is 0 Å². The first-order valence-corrected chi connectivity index (χ1v) is 13.0. The smallest absolute Gasteiger partial charge is 0.214 e. The number of anilines is 2. The van der Waals surface area contributed by atoms with Gasteiger partial charge in [-0.2, -0.15) is 10.4 Å². The molecular weight excluding hydrogens is 532 g/mol. The number of thiocarbonyl (C=S) groups is 1. The topological polar surface area (TPSA) is 104 Å². The Bertz CT molecular complexity index is 1490. The minimum atomic E-state index is -0.320. The summed E-state index contributed by atoms with van der Waals surface area (Å²) in [6.07, 6.45) is 0.683. The summed E-state index contributed by atoms with van der Waals surface area (Å²) in [7, 11) is 1.62. The second-order valence-corrected chi connectivity index (χ2v) is 9.50. The molecule has 0 aliphatic heterocycles. The largest absolute Gasteiger partial charge is 0.497 e. The second-order valence-electron chi connectivity index (χ2n) is 8.66. The lowest BCUT2D eigenvalue weighted by Gasteiger charge is -2.13. The van der Waals surface area contributed by atoms with Crippen LogP contribution in [0.2, 0.25) is 5.02 Å². The van der Waals surface area contributed by atoms with Crippen LogP contribution in [0.1, 0.15) is 33.6 Å². The van der Waals surface area contributed by atoms with E-state index in [1.54, 1.807) is 48.2 Å². The van der Waals surface area contributed by atoms with Gasteiger partial charge in [0.1, 0.15) is 23.2 Å². The molecular formula is C29H27ClN6O2S. The molecule has 3 N–H and O–H groups in total. The molecule has 0 spiro atoms. The first-order chi connectivity index (χ1) is 18.9. The van der Waals surface area contributed by atoms with E-state index in [1.165, 1.54) is 0 Å². The van der Waals surface area contributed by atoms with E-state index in [2.05, 4.69) is 27.1 Å².